The van der Waals surface area contributed by atoms with Gasteiger partial charge in [-0.3, -0.25) is 0 Å². The first kappa shape index (κ1) is 23.8. The Balaban J connectivity index is 1.42. The molecule has 0 amide bonds. The zero-order valence-electron chi connectivity index (χ0n) is 22.5. The molecule has 0 saturated carbocycles. The Kier molecular flexibility index (Phi) is 5.22. The Labute approximate surface area is 242 Å². The van der Waals surface area contributed by atoms with Gasteiger partial charge in [0.05, 0.1) is 45.3 Å². The molecule has 0 unspecified atom stereocenters. The predicted molar refractivity (Wildman–Crippen MR) is 170 cm³/mol. The maximum absolute atomic E-state index is 9.86. The molecule has 194 valence electrons. The molecule has 8 aromatic rings. The van der Waals surface area contributed by atoms with Crippen LogP contribution in [-0.2, 0) is 0 Å². The van der Waals surface area contributed by atoms with Crippen molar-refractivity contribution in [2.75, 3.05) is 0 Å². The highest BCUT2D eigenvalue weighted by Crippen LogP contribution is 2.38. The Morgan fingerprint density at radius 2 is 0.857 bits per heavy atom. The van der Waals surface area contributed by atoms with Crippen molar-refractivity contribution in [3.63, 3.8) is 0 Å². The maximum atomic E-state index is 9.86. The lowest BCUT2D eigenvalue weighted by Crippen LogP contribution is -1.98. The molecule has 2 heterocycles. The third kappa shape index (κ3) is 3.40. The van der Waals surface area contributed by atoms with Crippen molar-refractivity contribution in [3.05, 3.63) is 145 Å². The molecule has 8 rings (SSSR count). The van der Waals surface area contributed by atoms with E-state index in [1.54, 1.807) is 18.2 Å². The zero-order chi connectivity index (χ0) is 28.2. The summed E-state index contributed by atoms with van der Waals surface area (Å²) in [5, 5.41) is 24.4. The number of nitrogens with zero attached hydrogens (tertiary/aromatic N) is 4. The molecule has 42 heavy (non-hydrogen) atoms. The van der Waals surface area contributed by atoms with E-state index in [0.29, 0.717) is 16.7 Å². The first-order chi connectivity index (χ1) is 20.8. The molecular weight excluding hydrogens is 512 g/mol. The molecule has 0 spiro atoms. The van der Waals surface area contributed by atoms with E-state index in [1.807, 2.05) is 6.07 Å². The van der Waals surface area contributed by atoms with Crippen molar-refractivity contribution in [2.45, 2.75) is 0 Å². The van der Waals surface area contributed by atoms with Crippen molar-refractivity contribution < 1.29 is 0 Å². The molecule has 0 aliphatic carbocycles. The van der Waals surface area contributed by atoms with Crippen molar-refractivity contribution in [2.24, 2.45) is 0 Å². The molecule has 0 atom stereocenters. The fraction of sp³-hybridized carbons (Fsp3) is 0. The summed E-state index contributed by atoms with van der Waals surface area (Å²) in [7, 11) is 0. The Hall–Kier alpha value is -6.10. The average Bonchev–Trinajstić information content (AvgIpc) is 3.57. The highest BCUT2D eigenvalue weighted by atomic mass is 15.0. The van der Waals surface area contributed by atoms with Crippen LogP contribution in [0.5, 0.6) is 0 Å². The fourth-order valence-electron chi connectivity index (χ4n) is 6.43. The molecule has 0 saturated heterocycles. The van der Waals surface area contributed by atoms with Crippen LogP contribution in [0.2, 0.25) is 0 Å². The van der Waals surface area contributed by atoms with Crippen LogP contribution in [-0.4, -0.2) is 9.13 Å². The van der Waals surface area contributed by atoms with E-state index < -0.39 is 0 Å². The highest BCUT2D eigenvalue weighted by Gasteiger charge is 2.17. The highest BCUT2D eigenvalue weighted by molar-refractivity contribution is 6.11. The summed E-state index contributed by atoms with van der Waals surface area (Å²) >= 11 is 0. The number of aromatic nitrogens is 2. The lowest BCUT2D eigenvalue weighted by Gasteiger charge is -2.13. The van der Waals surface area contributed by atoms with E-state index in [9.17, 15) is 10.5 Å². The van der Waals surface area contributed by atoms with Gasteiger partial charge < -0.3 is 9.13 Å². The minimum Gasteiger partial charge on any atom is -0.309 e. The molecular formula is C38H22N4. The predicted octanol–water partition coefficient (Wildman–Crippen LogP) is 9.29. The van der Waals surface area contributed by atoms with Crippen molar-refractivity contribution in [3.8, 4) is 34.6 Å². The van der Waals surface area contributed by atoms with Gasteiger partial charge in [-0.1, -0.05) is 78.9 Å². The van der Waals surface area contributed by atoms with Gasteiger partial charge in [0, 0.05) is 38.5 Å². The molecule has 4 heteroatoms. The largest absolute Gasteiger partial charge is 0.309 e. The van der Waals surface area contributed by atoms with E-state index in [-0.39, 0.29) is 0 Å². The average molecular weight is 535 g/mol. The van der Waals surface area contributed by atoms with Crippen LogP contribution in [0.15, 0.2) is 133 Å². The van der Waals surface area contributed by atoms with Crippen molar-refractivity contribution >= 4 is 43.6 Å². The van der Waals surface area contributed by atoms with Gasteiger partial charge in [0.2, 0.25) is 0 Å². The molecule has 0 N–H and O–H groups in total. The van der Waals surface area contributed by atoms with Crippen LogP contribution >= 0.6 is 0 Å². The standard InChI is InChI=1S/C38H22N4/c39-23-26-9-7-10-27(24-40)38(26)25-19-20-33-32-15-3-6-18-36(32)42(37(33)21-25)29-12-8-11-28(22-29)41-34-16-4-1-13-30(34)31-14-2-5-17-35(31)41/h1-22H. The SMILES string of the molecule is N#Cc1cccc(C#N)c1-c1ccc2c3ccccc3n(-c3cccc(-n4c5ccccc5c5ccccc54)c3)c2c1. The topological polar surface area (TPSA) is 57.4 Å². The minimum absolute atomic E-state index is 0.490. The second kappa shape index (κ2) is 9.24. The summed E-state index contributed by atoms with van der Waals surface area (Å²) in [4.78, 5) is 0. The van der Waals surface area contributed by atoms with Crippen LogP contribution < -0.4 is 0 Å². The van der Waals surface area contributed by atoms with Gasteiger partial charge in [-0.2, -0.15) is 10.5 Å². The van der Waals surface area contributed by atoms with Gasteiger partial charge in [-0.15, -0.1) is 0 Å². The molecule has 0 aliphatic rings. The molecule has 0 fully saturated rings. The summed E-state index contributed by atoms with van der Waals surface area (Å²) in [5.74, 6) is 0. The van der Waals surface area contributed by atoms with Gasteiger partial charge >= 0.3 is 0 Å². The van der Waals surface area contributed by atoms with E-state index in [0.717, 1.165) is 49.8 Å². The first-order valence-corrected chi connectivity index (χ1v) is 13.8. The lowest BCUT2D eigenvalue weighted by molar-refractivity contribution is 1.13. The third-order valence-electron chi connectivity index (χ3n) is 8.19. The van der Waals surface area contributed by atoms with E-state index in [4.69, 9.17) is 0 Å². The van der Waals surface area contributed by atoms with Crippen LogP contribution in [0, 0.1) is 22.7 Å². The Morgan fingerprint density at radius 1 is 0.405 bits per heavy atom. The van der Waals surface area contributed by atoms with Gasteiger partial charge in [-0.25, -0.2) is 0 Å². The second-order valence-electron chi connectivity index (χ2n) is 10.4. The summed E-state index contributed by atoms with van der Waals surface area (Å²) in [5.41, 5.74) is 9.05. The molecule has 0 bridgehead atoms. The molecule has 6 aromatic carbocycles. The Bertz CT molecular complexity index is 2360. The maximum Gasteiger partial charge on any atom is 0.0998 e. The van der Waals surface area contributed by atoms with E-state index >= 15 is 0 Å². The summed E-state index contributed by atoms with van der Waals surface area (Å²) in [6.45, 7) is 0. The van der Waals surface area contributed by atoms with Crippen LogP contribution in [0.1, 0.15) is 11.1 Å². The fourth-order valence-corrected chi connectivity index (χ4v) is 6.43. The zero-order valence-corrected chi connectivity index (χ0v) is 22.5. The normalized spacial score (nSPS) is 11.3. The molecule has 2 aromatic heterocycles. The number of benzene rings is 6. The van der Waals surface area contributed by atoms with E-state index in [2.05, 4.69) is 130 Å². The monoisotopic (exact) mass is 534 g/mol. The van der Waals surface area contributed by atoms with Gasteiger partial charge in [0.15, 0.2) is 0 Å². The number of fused-ring (bicyclic) bond motifs is 6. The summed E-state index contributed by atoms with van der Waals surface area (Å²) in [6.07, 6.45) is 0. The summed E-state index contributed by atoms with van der Waals surface area (Å²) < 4.78 is 4.61. The smallest absolute Gasteiger partial charge is 0.0998 e. The number of hydrogen-bond acceptors (Lipinski definition) is 2. The van der Waals surface area contributed by atoms with Crippen LogP contribution in [0.25, 0.3) is 66.1 Å². The number of para-hydroxylation sites is 3. The Morgan fingerprint density at radius 3 is 1.38 bits per heavy atom. The summed E-state index contributed by atoms with van der Waals surface area (Å²) in [6, 6.07) is 50.2. The first-order valence-electron chi connectivity index (χ1n) is 13.8. The van der Waals surface area contributed by atoms with Crippen molar-refractivity contribution in [1.29, 1.82) is 10.5 Å². The number of hydrogen-bond donors (Lipinski definition) is 0. The number of rotatable bonds is 3. The van der Waals surface area contributed by atoms with Crippen LogP contribution in [0.3, 0.4) is 0 Å². The van der Waals surface area contributed by atoms with Crippen molar-refractivity contribution in [1.82, 2.24) is 9.13 Å². The molecule has 0 radical (unpaired) electrons. The minimum atomic E-state index is 0.490. The van der Waals surface area contributed by atoms with Gasteiger partial charge in [-0.05, 0) is 60.2 Å². The van der Waals surface area contributed by atoms with Gasteiger partial charge in [0.25, 0.3) is 0 Å². The van der Waals surface area contributed by atoms with Gasteiger partial charge in [0.1, 0.15) is 0 Å². The molecule has 4 nitrogen and oxygen atoms in total. The second-order valence-corrected chi connectivity index (χ2v) is 10.4. The lowest BCUT2D eigenvalue weighted by atomic mass is 9.94. The quantitative estimate of drug-likeness (QED) is 0.227. The number of nitriles is 2. The molecule has 0 aliphatic heterocycles. The third-order valence-corrected chi connectivity index (χ3v) is 8.19. The van der Waals surface area contributed by atoms with Crippen LogP contribution in [0.4, 0.5) is 0 Å². The van der Waals surface area contributed by atoms with E-state index in [1.165, 1.54) is 10.8 Å².